The average Bonchev–Trinajstić information content (AvgIpc) is 2.84. The molecule has 0 saturated carbocycles. The van der Waals surface area contributed by atoms with Gasteiger partial charge in [0.25, 0.3) is 0 Å². The number of thiophene rings is 1. The second-order valence-electron chi connectivity index (χ2n) is 5.26. The maximum Gasteiger partial charge on any atom is 0.221 e. The molecule has 1 aliphatic heterocycles. The lowest BCUT2D eigenvalue weighted by atomic mass is 9.97. The van der Waals surface area contributed by atoms with E-state index in [1.165, 1.54) is 4.88 Å². The second kappa shape index (κ2) is 7.98. The molecule has 1 aromatic heterocycles. The number of hydrogen-bond acceptors (Lipinski definition) is 4. The first kappa shape index (κ1) is 15.8. The minimum Gasteiger partial charge on any atom is -0.369 e. The summed E-state index contributed by atoms with van der Waals surface area (Å²) in [4.78, 5) is 14.8. The lowest BCUT2D eigenvalue weighted by Crippen LogP contribution is -2.41. The fourth-order valence-corrected chi connectivity index (χ4v) is 3.64. The van der Waals surface area contributed by atoms with E-state index in [9.17, 15) is 4.79 Å². The van der Waals surface area contributed by atoms with Crippen LogP contribution in [0.5, 0.6) is 0 Å². The van der Waals surface area contributed by atoms with Crippen molar-refractivity contribution in [2.75, 3.05) is 26.2 Å². The Hall–Kier alpha value is -0.620. The molecule has 1 unspecified atom stereocenters. The molecule has 0 bridgehead atoms. The van der Waals surface area contributed by atoms with Gasteiger partial charge in [-0.1, -0.05) is 11.6 Å². The molecule has 3 N–H and O–H groups in total. The number of primary amides is 1. The summed E-state index contributed by atoms with van der Waals surface area (Å²) in [5.41, 5.74) is 5.38. The van der Waals surface area contributed by atoms with Crippen molar-refractivity contribution in [3.8, 4) is 0 Å². The molecule has 0 aliphatic carbocycles. The van der Waals surface area contributed by atoms with Crippen LogP contribution in [0.2, 0.25) is 5.02 Å². The molecule has 4 nitrogen and oxygen atoms in total. The summed E-state index contributed by atoms with van der Waals surface area (Å²) in [6.07, 6.45) is 3.10. The number of nitrogens with two attached hydrogens (primary N) is 1. The Balaban J connectivity index is 1.59. The molecule has 2 rings (SSSR count). The van der Waals surface area contributed by atoms with Gasteiger partial charge >= 0.3 is 0 Å². The third-order valence-electron chi connectivity index (χ3n) is 3.71. The molecular weight excluding hydrogens is 294 g/mol. The normalized spacial score (nSPS) is 20.1. The number of carbonyl (C=O) groups is 1. The summed E-state index contributed by atoms with van der Waals surface area (Å²) in [6, 6.07) is 1.93. The lowest BCUT2D eigenvalue weighted by Gasteiger charge is -2.31. The van der Waals surface area contributed by atoms with E-state index in [0.717, 1.165) is 57.0 Å². The van der Waals surface area contributed by atoms with E-state index in [2.05, 4.69) is 10.2 Å². The van der Waals surface area contributed by atoms with Gasteiger partial charge in [-0.05, 0) is 50.3 Å². The van der Waals surface area contributed by atoms with Crippen LogP contribution < -0.4 is 11.1 Å². The van der Waals surface area contributed by atoms with Gasteiger partial charge in [0.15, 0.2) is 0 Å². The molecule has 1 aliphatic rings. The van der Waals surface area contributed by atoms with Gasteiger partial charge < -0.3 is 16.0 Å². The highest BCUT2D eigenvalue weighted by molar-refractivity contribution is 7.10. The Labute approximate surface area is 129 Å². The van der Waals surface area contributed by atoms with Gasteiger partial charge in [0.1, 0.15) is 0 Å². The molecule has 1 amide bonds. The highest BCUT2D eigenvalue weighted by Gasteiger charge is 2.23. The number of likely N-dealkylation sites (tertiary alicyclic amines) is 1. The van der Waals surface area contributed by atoms with Gasteiger partial charge in [-0.2, -0.15) is 0 Å². The van der Waals surface area contributed by atoms with Crippen LogP contribution in [0.15, 0.2) is 11.4 Å². The highest BCUT2D eigenvalue weighted by atomic mass is 35.5. The molecule has 6 heteroatoms. The van der Waals surface area contributed by atoms with E-state index >= 15 is 0 Å². The molecule has 112 valence electrons. The van der Waals surface area contributed by atoms with Crippen molar-refractivity contribution < 1.29 is 4.79 Å². The van der Waals surface area contributed by atoms with Crippen LogP contribution in [0.1, 0.15) is 24.1 Å². The standard InChI is InChI=1S/C14H22ClN3OS/c15-12-4-8-20-13(12)9-17-5-2-7-18-6-1-3-11(10-18)14(16)19/h4,8,11,17H,1-3,5-7,9-10H2,(H2,16,19). The number of hydrogen-bond donors (Lipinski definition) is 2. The van der Waals surface area contributed by atoms with Gasteiger partial charge in [-0.3, -0.25) is 4.79 Å². The summed E-state index contributed by atoms with van der Waals surface area (Å²) in [6.45, 7) is 4.73. The van der Waals surface area contributed by atoms with Crippen molar-refractivity contribution in [3.05, 3.63) is 21.3 Å². The molecule has 0 spiro atoms. The molecule has 1 atom stereocenters. The van der Waals surface area contributed by atoms with Crippen LogP contribution in [-0.4, -0.2) is 37.0 Å². The van der Waals surface area contributed by atoms with Crippen molar-refractivity contribution in [1.29, 1.82) is 0 Å². The van der Waals surface area contributed by atoms with Gasteiger partial charge in [0.05, 0.1) is 10.9 Å². The SMILES string of the molecule is NC(=O)C1CCCN(CCCNCc2sccc2Cl)C1. The molecule has 1 fully saturated rings. The van der Waals surface area contributed by atoms with Crippen LogP contribution in [0, 0.1) is 5.92 Å². The number of amides is 1. The molecule has 1 aromatic rings. The summed E-state index contributed by atoms with van der Waals surface area (Å²) in [5.74, 6) is -0.109. The molecule has 0 aromatic carbocycles. The second-order valence-corrected chi connectivity index (χ2v) is 6.67. The largest absolute Gasteiger partial charge is 0.369 e. The van der Waals surface area contributed by atoms with E-state index < -0.39 is 0 Å². The zero-order valence-electron chi connectivity index (χ0n) is 11.6. The van der Waals surface area contributed by atoms with E-state index in [1.54, 1.807) is 11.3 Å². The van der Waals surface area contributed by atoms with Gasteiger partial charge in [0, 0.05) is 18.0 Å². The predicted molar refractivity (Wildman–Crippen MR) is 84.0 cm³/mol. The number of nitrogens with zero attached hydrogens (tertiary/aromatic N) is 1. The lowest BCUT2D eigenvalue weighted by molar-refractivity contribution is -0.123. The number of rotatable bonds is 7. The smallest absolute Gasteiger partial charge is 0.221 e. The van der Waals surface area contributed by atoms with E-state index in [4.69, 9.17) is 17.3 Å². The molecule has 20 heavy (non-hydrogen) atoms. The van der Waals surface area contributed by atoms with Crippen molar-refractivity contribution in [3.63, 3.8) is 0 Å². The first-order valence-corrected chi connectivity index (χ1v) is 8.37. The fourth-order valence-electron chi connectivity index (χ4n) is 2.57. The third-order valence-corrected chi connectivity index (χ3v) is 5.10. The summed E-state index contributed by atoms with van der Waals surface area (Å²) < 4.78 is 0. The van der Waals surface area contributed by atoms with Gasteiger partial charge in [-0.15, -0.1) is 11.3 Å². The van der Waals surface area contributed by atoms with Gasteiger partial charge in [0.2, 0.25) is 5.91 Å². The fraction of sp³-hybridized carbons (Fsp3) is 0.643. The van der Waals surface area contributed by atoms with E-state index in [0.29, 0.717) is 0 Å². The quantitative estimate of drug-likeness (QED) is 0.757. The Morgan fingerprint density at radius 3 is 3.15 bits per heavy atom. The van der Waals surface area contributed by atoms with Crippen LogP contribution >= 0.6 is 22.9 Å². The Kier molecular flexibility index (Phi) is 6.29. The zero-order valence-corrected chi connectivity index (χ0v) is 13.2. The summed E-state index contributed by atoms with van der Waals surface area (Å²) in [5, 5.41) is 6.27. The first-order chi connectivity index (χ1) is 9.66. The average molecular weight is 316 g/mol. The third kappa shape index (κ3) is 4.74. The highest BCUT2D eigenvalue weighted by Crippen LogP contribution is 2.21. The van der Waals surface area contributed by atoms with Crippen LogP contribution in [0.25, 0.3) is 0 Å². The van der Waals surface area contributed by atoms with E-state index in [-0.39, 0.29) is 11.8 Å². The monoisotopic (exact) mass is 315 g/mol. The minimum absolute atomic E-state index is 0.0432. The molecule has 2 heterocycles. The number of halogens is 1. The molecule has 1 saturated heterocycles. The predicted octanol–water partition coefficient (Wildman–Crippen LogP) is 2.08. The first-order valence-electron chi connectivity index (χ1n) is 7.11. The summed E-state index contributed by atoms with van der Waals surface area (Å²) >= 11 is 7.72. The minimum atomic E-state index is -0.153. The number of piperidine rings is 1. The van der Waals surface area contributed by atoms with Gasteiger partial charge in [-0.25, -0.2) is 0 Å². The van der Waals surface area contributed by atoms with Crippen molar-refractivity contribution in [2.45, 2.75) is 25.8 Å². The number of carbonyl (C=O) groups excluding carboxylic acids is 1. The maximum absolute atomic E-state index is 11.2. The number of nitrogens with one attached hydrogen (secondary N) is 1. The molecular formula is C14H22ClN3OS. The van der Waals surface area contributed by atoms with Crippen LogP contribution in [0.4, 0.5) is 0 Å². The van der Waals surface area contributed by atoms with Crippen LogP contribution in [-0.2, 0) is 11.3 Å². The maximum atomic E-state index is 11.2. The Bertz CT molecular complexity index is 438. The Morgan fingerprint density at radius 1 is 1.60 bits per heavy atom. The van der Waals surface area contributed by atoms with Crippen molar-refractivity contribution in [1.82, 2.24) is 10.2 Å². The molecule has 0 radical (unpaired) electrons. The van der Waals surface area contributed by atoms with Crippen molar-refractivity contribution in [2.24, 2.45) is 11.7 Å². The Morgan fingerprint density at radius 2 is 2.45 bits per heavy atom. The van der Waals surface area contributed by atoms with Crippen LogP contribution in [0.3, 0.4) is 0 Å². The topological polar surface area (TPSA) is 58.4 Å². The summed E-state index contributed by atoms with van der Waals surface area (Å²) in [7, 11) is 0. The zero-order chi connectivity index (χ0) is 14.4. The van der Waals surface area contributed by atoms with Crippen molar-refractivity contribution >= 4 is 28.8 Å². The van der Waals surface area contributed by atoms with E-state index in [1.807, 2.05) is 11.4 Å².